The van der Waals surface area contributed by atoms with Crippen LogP contribution in [0.4, 0.5) is 0 Å². The molecule has 1 aromatic rings. The van der Waals surface area contributed by atoms with E-state index in [-0.39, 0.29) is 0 Å². The molecule has 1 aliphatic heterocycles. The highest BCUT2D eigenvalue weighted by atomic mass is 15.5. The van der Waals surface area contributed by atoms with Gasteiger partial charge in [0.25, 0.3) is 0 Å². The summed E-state index contributed by atoms with van der Waals surface area (Å²) in [5.74, 6) is 0. The smallest absolute Gasteiger partial charge is 0.0710 e. The molecule has 2 nitrogen and oxygen atoms in total. The molecular formula is C12H18N2. The van der Waals surface area contributed by atoms with Crippen LogP contribution in [0, 0.1) is 0 Å². The Hall–Kier alpha value is -1.28. The van der Waals surface area contributed by atoms with E-state index in [1.54, 1.807) is 0 Å². The Labute approximate surface area is 86.2 Å². The first-order valence-electron chi connectivity index (χ1n) is 5.08. The quantitative estimate of drug-likeness (QED) is 0.732. The van der Waals surface area contributed by atoms with Crippen LogP contribution in [0.15, 0.2) is 42.6 Å². The molecule has 2 heteroatoms. The number of benzene rings is 1. The van der Waals surface area contributed by atoms with Crippen molar-refractivity contribution in [3.8, 4) is 0 Å². The summed E-state index contributed by atoms with van der Waals surface area (Å²) in [4.78, 5) is 0. The summed E-state index contributed by atoms with van der Waals surface area (Å²) in [6, 6.07) is 10.7. The van der Waals surface area contributed by atoms with Gasteiger partial charge in [-0.3, -0.25) is 0 Å². The second-order valence-electron chi connectivity index (χ2n) is 2.97. The predicted octanol–water partition coefficient (Wildman–Crippen LogP) is 2.72. The van der Waals surface area contributed by atoms with Crippen molar-refractivity contribution in [2.45, 2.75) is 19.9 Å². The highest BCUT2D eigenvalue weighted by molar-refractivity contribution is 5.24. The van der Waals surface area contributed by atoms with Gasteiger partial charge in [-0.2, -0.15) is 0 Å². The molecule has 1 aliphatic rings. The van der Waals surface area contributed by atoms with Crippen molar-refractivity contribution >= 4 is 0 Å². The summed E-state index contributed by atoms with van der Waals surface area (Å²) in [6.07, 6.45) is 4.19. The Morgan fingerprint density at radius 1 is 1.14 bits per heavy atom. The number of nitrogens with one attached hydrogen (secondary N) is 1. The third-order valence-electron chi connectivity index (χ3n) is 2.00. The van der Waals surface area contributed by atoms with Crippen LogP contribution in [-0.2, 0) is 0 Å². The van der Waals surface area contributed by atoms with Crippen LogP contribution in [-0.4, -0.2) is 12.1 Å². The maximum absolute atomic E-state index is 3.29. The molecule has 0 bridgehead atoms. The molecule has 0 saturated carbocycles. The van der Waals surface area contributed by atoms with Gasteiger partial charge in [0.1, 0.15) is 0 Å². The summed E-state index contributed by atoms with van der Waals surface area (Å²) in [5.41, 5.74) is 4.60. The zero-order valence-electron chi connectivity index (χ0n) is 9.07. The number of hydrazine groups is 1. The maximum atomic E-state index is 3.29. The Morgan fingerprint density at radius 2 is 1.79 bits per heavy atom. The molecule has 0 aliphatic carbocycles. The predicted molar refractivity (Wildman–Crippen MR) is 60.6 cm³/mol. The second kappa shape index (κ2) is 5.45. The summed E-state index contributed by atoms with van der Waals surface area (Å²) < 4.78 is 0. The van der Waals surface area contributed by atoms with E-state index in [0.717, 1.165) is 0 Å². The van der Waals surface area contributed by atoms with Crippen LogP contribution in [0.5, 0.6) is 0 Å². The second-order valence-corrected chi connectivity index (χ2v) is 2.97. The number of rotatable bonds is 1. The van der Waals surface area contributed by atoms with Gasteiger partial charge in [0.2, 0.25) is 0 Å². The highest BCUT2D eigenvalue weighted by Gasteiger charge is 2.12. The van der Waals surface area contributed by atoms with Crippen molar-refractivity contribution < 1.29 is 0 Å². The third-order valence-corrected chi connectivity index (χ3v) is 2.00. The lowest BCUT2D eigenvalue weighted by atomic mass is 10.1. The lowest BCUT2D eigenvalue weighted by Crippen LogP contribution is -2.26. The molecule has 1 atom stereocenters. The summed E-state index contributed by atoms with van der Waals surface area (Å²) >= 11 is 0. The fourth-order valence-corrected chi connectivity index (χ4v) is 1.37. The number of hydrogen-bond donors (Lipinski definition) is 1. The zero-order valence-corrected chi connectivity index (χ0v) is 9.07. The Balaban J connectivity index is 0.000000461. The minimum absolute atomic E-state index is 0.344. The molecule has 1 N–H and O–H groups in total. The van der Waals surface area contributed by atoms with E-state index >= 15 is 0 Å². The number of hydrogen-bond acceptors (Lipinski definition) is 2. The molecule has 0 amide bonds. The Bertz CT molecular complexity index is 280. The van der Waals surface area contributed by atoms with Gasteiger partial charge in [0.05, 0.1) is 6.04 Å². The lowest BCUT2D eigenvalue weighted by molar-refractivity contribution is 0.333. The van der Waals surface area contributed by atoms with Crippen molar-refractivity contribution in [3.05, 3.63) is 48.2 Å². The fraction of sp³-hybridized carbons (Fsp3) is 0.333. The van der Waals surface area contributed by atoms with Crippen LogP contribution >= 0.6 is 0 Å². The van der Waals surface area contributed by atoms with E-state index in [2.05, 4.69) is 35.8 Å². The van der Waals surface area contributed by atoms with Gasteiger partial charge in [0.15, 0.2) is 0 Å². The average Bonchev–Trinajstić information content (AvgIpc) is 2.69. The molecular weight excluding hydrogens is 172 g/mol. The molecule has 1 aromatic carbocycles. The van der Waals surface area contributed by atoms with Crippen LogP contribution in [0.2, 0.25) is 0 Å². The molecule has 0 aromatic heterocycles. The van der Waals surface area contributed by atoms with E-state index in [1.807, 2.05) is 38.2 Å². The van der Waals surface area contributed by atoms with Gasteiger partial charge < -0.3 is 5.01 Å². The van der Waals surface area contributed by atoms with Crippen LogP contribution in [0.3, 0.4) is 0 Å². The van der Waals surface area contributed by atoms with Crippen LogP contribution in [0.1, 0.15) is 25.5 Å². The van der Waals surface area contributed by atoms with Crippen molar-refractivity contribution in [2.24, 2.45) is 0 Å². The van der Waals surface area contributed by atoms with Gasteiger partial charge in [0, 0.05) is 13.2 Å². The topological polar surface area (TPSA) is 15.3 Å². The van der Waals surface area contributed by atoms with E-state index in [4.69, 9.17) is 0 Å². The summed E-state index contributed by atoms with van der Waals surface area (Å²) in [7, 11) is 2.00. The van der Waals surface area contributed by atoms with Crippen LogP contribution < -0.4 is 5.43 Å². The molecule has 0 radical (unpaired) electrons. The first-order chi connectivity index (χ1) is 6.86. The molecule has 0 fully saturated rings. The largest absolute Gasteiger partial charge is 0.318 e. The molecule has 14 heavy (non-hydrogen) atoms. The first-order valence-corrected chi connectivity index (χ1v) is 5.08. The van der Waals surface area contributed by atoms with E-state index in [1.165, 1.54) is 5.56 Å². The fourth-order valence-electron chi connectivity index (χ4n) is 1.37. The van der Waals surface area contributed by atoms with E-state index in [0.29, 0.717) is 6.04 Å². The summed E-state index contributed by atoms with van der Waals surface area (Å²) in [6.45, 7) is 4.00. The van der Waals surface area contributed by atoms with Crippen molar-refractivity contribution in [2.75, 3.05) is 7.05 Å². The zero-order chi connectivity index (χ0) is 10.4. The Kier molecular flexibility index (Phi) is 4.20. The highest BCUT2D eigenvalue weighted by Crippen LogP contribution is 2.17. The van der Waals surface area contributed by atoms with E-state index in [9.17, 15) is 0 Å². The van der Waals surface area contributed by atoms with E-state index < -0.39 is 0 Å². The molecule has 2 rings (SSSR count). The van der Waals surface area contributed by atoms with Crippen molar-refractivity contribution in [1.82, 2.24) is 10.4 Å². The van der Waals surface area contributed by atoms with Gasteiger partial charge in [-0.05, 0) is 11.6 Å². The number of nitrogens with zero attached hydrogens (tertiary/aromatic N) is 1. The third kappa shape index (κ3) is 2.60. The normalized spacial score (nSPS) is 19.1. The monoisotopic (exact) mass is 190 g/mol. The SMILES string of the molecule is CC.CN1C=CC(c2ccccc2)N1. The molecule has 0 saturated heterocycles. The van der Waals surface area contributed by atoms with Crippen molar-refractivity contribution in [1.29, 1.82) is 0 Å². The standard InChI is InChI=1S/C10H12N2.C2H6/c1-12-8-7-10(11-12)9-5-3-2-4-6-9;1-2/h2-8,10-11H,1H3;1-2H3. The average molecular weight is 190 g/mol. The van der Waals surface area contributed by atoms with Gasteiger partial charge in [-0.1, -0.05) is 44.2 Å². The maximum Gasteiger partial charge on any atom is 0.0710 e. The minimum Gasteiger partial charge on any atom is -0.318 e. The van der Waals surface area contributed by atoms with Crippen LogP contribution in [0.25, 0.3) is 0 Å². The lowest BCUT2D eigenvalue weighted by Gasteiger charge is -2.14. The van der Waals surface area contributed by atoms with Gasteiger partial charge >= 0.3 is 0 Å². The van der Waals surface area contributed by atoms with Gasteiger partial charge in [-0.25, -0.2) is 5.43 Å². The molecule has 1 heterocycles. The first kappa shape index (κ1) is 10.8. The van der Waals surface area contributed by atoms with Crippen molar-refractivity contribution in [3.63, 3.8) is 0 Å². The molecule has 1 unspecified atom stereocenters. The molecule has 76 valence electrons. The summed E-state index contributed by atoms with van der Waals surface area (Å²) in [5, 5.41) is 1.97. The minimum atomic E-state index is 0.344. The van der Waals surface area contributed by atoms with Gasteiger partial charge in [-0.15, -0.1) is 0 Å². The molecule has 0 spiro atoms. The Morgan fingerprint density at radius 3 is 2.29 bits per heavy atom.